The van der Waals surface area contributed by atoms with Gasteiger partial charge in [-0.1, -0.05) is 30.0 Å². The number of thioether (sulfide) groups is 1. The molecule has 0 aromatic carbocycles. The van der Waals surface area contributed by atoms with E-state index in [1.54, 1.807) is 11.3 Å². The molecule has 2 heterocycles. The third-order valence-corrected chi connectivity index (χ3v) is 6.09. The van der Waals surface area contributed by atoms with Crippen LogP contribution in [-0.2, 0) is 4.79 Å². The molecule has 6 nitrogen and oxygen atoms in total. The smallest absolute Gasteiger partial charge is 0.235 e. The molecular weight excluding hydrogens is 318 g/mol. The van der Waals surface area contributed by atoms with Crippen LogP contribution in [0.1, 0.15) is 26.7 Å². The second-order valence-corrected chi connectivity index (χ2v) is 8.38. The fourth-order valence-electron chi connectivity index (χ4n) is 2.46. The number of hydrogen-bond donors (Lipinski definition) is 1. The maximum Gasteiger partial charge on any atom is 0.235 e. The topological polar surface area (TPSA) is 61.4 Å². The first-order valence-electron chi connectivity index (χ1n) is 7.93. The number of amides is 1. The van der Waals surface area contributed by atoms with Crippen LogP contribution in [-0.4, -0.2) is 69.9 Å². The number of piperazine rings is 1. The molecular formula is C14H23N5OS2. The summed E-state index contributed by atoms with van der Waals surface area (Å²) in [5, 5.41) is 12.4. The normalized spacial score (nSPS) is 20.9. The Hall–Kier alpha value is -0.860. The zero-order valence-electron chi connectivity index (χ0n) is 13.1. The lowest BCUT2D eigenvalue weighted by molar-refractivity contribution is -0.132. The van der Waals surface area contributed by atoms with Crippen molar-refractivity contribution in [3.63, 3.8) is 0 Å². The Morgan fingerprint density at radius 3 is 2.73 bits per heavy atom. The van der Waals surface area contributed by atoms with Crippen LogP contribution in [0.4, 0.5) is 5.13 Å². The summed E-state index contributed by atoms with van der Waals surface area (Å²) in [6, 6.07) is 0.583. The molecule has 1 N–H and O–H groups in total. The van der Waals surface area contributed by atoms with Gasteiger partial charge in [-0.3, -0.25) is 4.79 Å². The standard InChI is InChI=1S/C14H23N5OS2/c1-3-18-6-8-19(9-7-18)12(20)10(2)21-14-17-16-13(22-14)15-11-4-5-11/h10-11H,3-9H2,1-2H3,(H,15,16). The molecule has 22 heavy (non-hydrogen) atoms. The number of hydrogen-bond acceptors (Lipinski definition) is 7. The Balaban J connectivity index is 1.49. The molecule has 1 amide bonds. The summed E-state index contributed by atoms with van der Waals surface area (Å²) in [5.41, 5.74) is 0. The SMILES string of the molecule is CCN1CCN(C(=O)C(C)Sc2nnc(NC3CC3)s2)CC1. The summed E-state index contributed by atoms with van der Waals surface area (Å²) >= 11 is 3.07. The van der Waals surface area contributed by atoms with E-state index >= 15 is 0 Å². The van der Waals surface area contributed by atoms with Crippen molar-refractivity contribution in [1.82, 2.24) is 20.0 Å². The highest BCUT2D eigenvalue weighted by Crippen LogP contribution is 2.32. The molecule has 1 aromatic rings. The van der Waals surface area contributed by atoms with Gasteiger partial charge < -0.3 is 15.1 Å². The molecule has 1 saturated carbocycles. The first-order valence-corrected chi connectivity index (χ1v) is 9.63. The molecule has 0 bridgehead atoms. The average molecular weight is 342 g/mol. The second-order valence-electron chi connectivity index (χ2n) is 5.81. The number of carbonyl (C=O) groups excluding carboxylic acids is 1. The molecule has 122 valence electrons. The van der Waals surface area contributed by atoms with Gasteiger partial charge in [0.1, 0.15) is 0 Å². The molecule has 2 aliphatic rings. The number of carbonyl (C=O) groups is 1. The Kier molecular flexibility index (Phi) is 5.20. The van der Waals surface area contributed by atoms with Crippen LogP contribution in [0.15, 0.2) is 4.34 Å². The van der Waals surface area contributed by atoms with E-state index in [1.807, 2.05) is 11.8 Å². The lowest BCUT2D eigenvalue weighted by atomic mass is 10.3. The molecule has 0 radical (unpaired) electrons. The van der Waals surface area contributed by atoms with Crippen LogP contribution >= 0.6 is 23.1 Å². The molecule has 0 spiro atoms. The summed E-state index contributed by atoms with van der Waals surface area (Å²) in [7, 11) is 0. The molecule has 1 aliphatic carbocycles. The van der Waals surface area contributed by atoms with Crippen LogP contribution in [0.2, 0.25) is 0 Å². The quantitative estimate of drug-likeness (QED) is 0.796. The van der Waals surface area contributed by atoms with Gasteiger partial charge in [0.05, 0.1) is 5.25 Å². The van der Waals surface area contributed by atoms with E-state index in [4.69, 9.17) is 0 Å². The van der Waals surface area contributed by atoms with Crippen LogP contribution in [0.3, 0.4) is 0 Å². The van der Waals surface area contributed by atoms with Crippen molar-refractivity contribution < 1.29 is 4.79 Å². The van der Waals surface area contributed by atoms with Crippen molar-refractivity contribution in [3.05, 3.63) is 0 Å². The minimum Gasteiger partial charge on any atom is -0.357 e. The number of anilines is 1. The van der Waals surface area contributed by atoms with Gasteiger partial charge in [0, 0.05) is 32.2 Å². The van der Waals surface area contributed by atoms with Crippen molar-refractivity contribution in [3.8, 4) is 0 Å². The highest BCUT2D eigenvalue weighted by atomic mass is 32.2. The van der Waals surface area contributed by atoms with Gasteiger partial charge in [-0.25, -0.2) is 0 Å². The summed E-state index contributed by atoms with van der Waals surface area (Å²) in [5.74, 6) is 0.215. The third kappa shape index (κ3) is 4.11. The zero-order chi connectivity index (χ0) is 15.5. The lowest BCUT2D eigenvalue weighted by Crippen LogP contribution is -2.50. The number of rotatable bonds is 6. The summed E-state index contributed by atoms with van der Waals surface area (Å²) < 4.78 is 0.871. The first kappa shape index (κ1) is 16.0. The maximum absolute atomic E-state index is 12.5. The predicted molar refractivity (Wildman–Crippen MR) is 90.6 cm³/mol. The monoisotopic (exact) mass is 341 g/mol. The lowest BCUT2D eigenvalue weighted by Gasteiger charge is -2.35. The van der Waals surface area contributed by atoms with Gasteiger partial charge in [-0.15, -0.1) is 10.2 Å². The van der Waals surface area contributed by atoms with E-state index in [0.29, 0.717) is 6.04 Å². The van der Waals surface area contributed by atoms with Gasteiger partial charge >= 0.3 is 0 Å². The second kappa shape index (κ2) is 7.14. The van der Waals surface area contributed by atoms with Gasteiger partial charge in [0.2, 0.25) is 11.0 Å². The van der Waals surface area contributed by atoms with E-state index in [9.17, 15) is 4.79 Å². The fraction of sp³-hybridized carbons (Fsp3) is 0.786. The summed E-state index contributed by atoms with van der Waals surface area (Å²) in [4.78, 5) is 16.9. The van der Waals surface area contributed by atoms with E-state index in [0.717, 1.165) is 42.2 Å². The Morgan fingerprint density at radius 2 is 2.09 bits per heavy atom. The Bertz CT molecular complexity index is 511. The molecule has 8 heteroatoms. The number of aromatic nitrogens is 2. The van der Waals surface area contributed by atoms with Gasteiger partial charge in [0.15, 0.2) is 4.34 Å². The van der Waals surface area contributed by atoms with Gasteiger partial charge in [-0.05, 0) is 26.3 Å². The van der Waals surface area contributed by atoms with Crippen LogP contribution in [0.25, 0.3) is 0 Å². The van der Waals surface area contributed by atoms with Gasteiger partial charge in [-0.2, -0.15) is 0 Å². The van der Waals surface area contributed by atoms with Crippen LogP contribution in [0.5, 0.6) is 0 Å². The minimum absolute atomic E-state index is 0.102. The molecule has 1 atom stereocenters. The average Bonchev–Trinajstić information content (AvgIpc) is 3.25. The van der Waals surface area contributed by atoms with E-state index in [2.05, 4.69) is 27.3 Å². The predicted octanol–water partition coefficient (Wildman–Crippen LogP) is 1.76. The van der Waals surface area contributed by atoms with Crippen LogP contribution in [0, 0.1) is 0 Å². The molecule has 3 rings (SSSR count). The Morgan fingerprint density at radius 1 is 1.36 bits per heavy atom. The van der Waals surface area contributed by atoms with Gasteiger partial charge in [0.25, 0.3) is 0 Å². The Labute approximate surface area is 139 Å². The van der Waals surface area contributed by atoms with Crippen molar-refractivity contribution in [2.75, 3.05) is 38.0 Å². The van der Waals surface area contributed by atoms with Crippen molar-refractivity contribution in [1.29, 1.82) is 0 Å². The van der Waals surface area contributed by atoms with E-state index in [-0.39, 0.29) is 11.2 Å². The van der Waals surface area contributed by atoms with Crippen LogP contribution < -0.4 is 5.32 Å². The van der Waals surface area contributed by atoms with Crippen molar-refractivity contribution >= 4 is 34.1 Å². The fourth-order valence-corrected chi connectivity index (χ4v) is 4.52. The molecule has 1 unspecified atom stereocenters. The zero-order valence-corrected chi connectivity index (χ0v) is 14.8. The number of nitrogens with zero attached hydrogens (tertiary/aromatic N) is 4. The van der Waals surface area contributed by atoms with Crippen molar-refractivity contribution in [2.45, 2.75) is 42.3 Å². The van der Waals surface area contributed by atoms with E-state index in [1.165, 1.54) is 24.6 Å². The third-order valence-electron chi connectivity index (χ3n) is 4.07. The first-order chi connectivity index (χ1) is 10.7. The highest BCUT2D eigenvalue weighted by Gasteiger charge is 2.26. The number of nitrogens with one attached hydrogen (secondary N) is 1. The van der Waals surface area contributed by atoms with Crippen molar-refractivity contribution in [2.24, 2.45) is 0 Å². The maximum atomic E-state index is 12.5. The van der Waals surface area contributed by atoms with E-state index < -0.39 is 0 Å². The summed E-state index contributed by atoms with van der Waals surface area (Å²) in [6.07, 6.45) is 2.45. The largest absolute Gasteiger partial charge is 0.357 e. The molecule has 1 aliphatic heterocycles. The minimum atomic E-state index is -0.102. The highest BCUT2D eigenvalue weighted by molar-refractivity contribution is 8.02. The molecule has 1 saturated heterocycles. The molecule has 1 aromatic heterocycles. The summed E-state index contributed by atoms with van der Waals surface area (Å²) in [6.45, 7) is 8.83. The number of likely N-dealkylation sites (N-methyl/N-ethyl adjacent to an activating group) is 1. The molecule has 2 fully saturated rings.